The first-order valence-corrected chi connectivity index (χ1v) is 10.3. The van der Waals surface area contributed by atoms with Crippen molar-refractivity contribution in [3.8, 4) is 11.8 Å². The fraction of sp³-hybridized carbons (Fsp3) is 0.0435. The highest BCUT2D eigenvalue weighted by Crippen LogP contribution is 2.35. The number of carbonyl (C=O) groups is 1. The first-order valence-electron chi connectivity index (χ1n) is 9.04. The van der Waals surface area contributed by atoms with Crippen LogP contribution in [0.4, 0.5) is 5.69 Å². The number of aromatic nitrogens is 1. The number of rotatable bonds is 5. The predicted molar refractivity (Wildman–Crippen MR) is 122 cm³/mol. The number of nitriles is 1. The second kappa shape index (κ2) is 8.91. The van der Waals surface area contributed by atoms with Crippen molar-refractivity contribution in [1.29, 1.82) is 5.26 Å². The third-order valence-electron chi connectivity index (χ3n) is 4.32. The molecule has 1 aromatic heterocycles. The number of nitrogens with zero attached hydrogens (tertiary/aromatic N) is 3. The molecule has 30 heavy (non-hydrogen) atoms. The van der Waals surface area contributed by atoms with E-state index in [9.17, 15) is 4.79 Å². The maximum absolute atomic E-state index is 12.8. The molecule has 0 bridgehead atoms. The number of thioether (sulfide) groups is 1. The summed E-state index contributed by atoms with van der Waals surface area (Å²) in [4.78, 5) is 18.9. The standard InChI is InChI=1S/C23H15N3O2S2/c24-13-17-5-1-6-18(10-17)15-28-20-8-2-4-16(11-20)12-21-22(27)26(23(29)30-21)19-7-3-9-25-14-19/h1-12,14H,15H2. The highest BCUT2D eigenvalue weighted by Gasteiger charge is 2.33. The molecule has 0 atom stereocenters. The van der Waals surface area contributed by atoms with E-state index in [4.69, 9.17) is 22.2 Å². The van der Waals surface area contributed by atoms with Crippen molar-refractivity contribution in [2.75, 3.05) is 4.90 Å². The SMILES string of the molecule is N#Cc1cccc(COc2cccc(C=C3SC(=S)N(c4cccnc4)C3=O)c2)c1. The van der Waals surface area contributed by atoms with Crippen LogP contribution in [0, 0.1) is 11.3 Å². The van der Waals surface area contributed by atoms with E-state index in [1.807, 2.05) is 36.4 Å². The van der Waals surface area contributed by atoms with Gasteiger partial charge in [-0.25, -0.2) is 0 Å². The molecule has 1 amide bonds. The molecule has 0 aliphatic carbocycles. The lowest BCUT2D eigenvalue weighted by atomic mass is 10.1. The van der Waals surface area contributed by atoms with Crippen LogP contribution in [-0.2, 0) is 11.4 Å². The van der Waals surface area contributed by atoms with Crippen LogP contribution in [0.1, 0.15) is 16.7 Å². The average Bonchev–Trinajstić information content (AvgIpc) is 3.06. The Balaban J connectivity index is 1.50. The molecule has 2 heterocycles. The van der Waals surface area contributed by atoms with Crippen molar-refractivity contribution in [3.05, 3.63) is 94.7 Å². The molecule has 1 saturated heterocycles. The number of carbonyl (C=O) groups excluding carboxylic acids is 1. The van der Waals surface area contributed by atoms with Crippen LogP contribution in [0.25, 0.3) is 6.08 Å². The third-order valence-corrected chi connectivity index (χ3v) is 5.62. The highest BCUT2D eigenvalue weighted by atomic mass is 32.2. The first-order chi connectivity index (χ1) is 14.6. The van der Waals surface area contributed by atoms with Crippen LogP contribution < -0.4 is 9.64 Å². The van der Waals surface area contributed by atoms with Gasteiger partial charge in [0.2, 0.25) is 0 Å². The first kappa shape index (κ1) is 19.8. The average molecular weight is 430 g/mol. The van der Waals surface area contributed by atoms with Gasteiger partial charge in [-0.3, -0.25) is 14.7 Å². The molecule has 2 aromatic carbocycles. The van der Waals surface area contributed by atoms with E-state index in [0.29, 0.717) is 32.8 Å². The number of amides is 1. The van der Waals surface area contributed by atoms with E-state index >= 15 is 0 Å². The fourth-order valence-electron chi connectivity index (χ4n) is 2.92. The molecule has 0 spiro atoms. The summed E-state index contributed by atoms with van der Waals surface area (Å²) in [5.74, 6) is 0.506. The normalized spacial score (nSPS) is 14.8. The Bertz CT molecular complexity index is 1190. The molecule has 0 saturated carbocycles. The van der Waals surface area contributed by atoms with Crippen molar-refractivity contribution in [1.82, 2.24) is 4.98 Å². The van der Waals surface area contributed by atoms with Gasteiger partial charge in [-0.15, -0.1) is 0 Å². The summed E-state index contributed by atoms with van der Waals surface area (Å²) in [6, 6.07) is 20.5. The lowest BCUT2D eigenvalue weighted by Gasteiger charge is -2.13. The molecular weight excluding hydrogens is 414 g/mol. The minimum atomic E-state index is -0.169. The van der Waals surface area contributed by atoms with Crippen LogP contribution in [0.3, 0.4) is 0 Å². The Labute approximate surface area is 183 Å². The summed E-state index contributed by atoms with van der Waals surface area (Å²) in [6.45, 7) is 0.349. The monoisotopic (exact) mass is 429 g/mol. The van der Waals surface area contributed by atoms with Crippen molar-refractivity contribution < 1.29 is 9.53 Å². The Morgan fingerprint density at radius 3 is 2.83 bits per heavy atom. The molecule has 7 heteroatoms. The number of hydrogen-bond acceptors (Lipinski definition) is 6. The van der Waals surface area contributed by atoms with Gasteiger partial charge in [0, 0.05) is 6.20 Å². The zero-order valence-electron chi connectivity index (χ0n) is 15.7. The quantitative estimate of drug-likeness (QED) is 0.423. The minimum Gasteiger partial charge on any atom is -0.489 e. The van der Waals surface area contributed by atoms with Gasteiger partial charge in [-0.05, 0) is 53.6 Å². The van der Waals surface area contributed by atoms with Crippen LogP contribution in [-0.4, -0.2) is 15.2 Å². The summed E-state index contributed by atoms with van der Waals surface area (Å²) in [7, 11) is 0. The highest BCUT2D eigenvalue weighted by molar-refractivity contribution is 8.27. The summed E-state index contributed by atoms with van der Waals surface area (Å²) in [5.41, 5.74) is 3.00. The molecular formula is C23H15N3O2S2. The van der Waals surface area contributed by atoms with Crippen LogP contribution in [0.5, 0.6) is 5.75 Å². The van der Waals surface area contributed by atoms with Crippen molar-refractivity contribution in [3.63, 3.8) is 0 Å². The van der Waals surface area contributed by atoms with Gasteiger partial charge in [-0.2, -0.15) is 5.26 Å². The molecule has 5 nitrogen and oxygen atoms in total. The fourth-order valence-corrected chi connectivity index (χ4v) is 4.22. The summed E-state index contributed by atoms with van der Waals surface area (Å²) in [6.07, 6.45) is 5.07. The topological polar surface area (TPSA) is 66.2 Å². The zero-order valence-corrected chi connectivity index (χ0v) is 17.3. The van der Waals surface area contributed by atoms with Crippen molar-refractivity contribution in [2.24, 2.45) is 0 Å². The van der Waals surface area contributed by atoms with E-state index in [-0.39, 0.29) is 5.91 Å². The molecule has 146 valence electrons. The van der Waals surface area contributed by atoms with Gasteiger partial charge in [-0.1, -0.05) is 48.2 Å². The summed E-state index contributed by atoms with van der Waals surface area (Å²) >= 11 is 6.65. The molecule has 0 radical (unpaired) electrons. The van der Waals surface area contributed by atoms with E-state index in [1.54, 1.807) is 42.7 Å². The molecule has 0 N–H and O–H groups in total. The molecule has 0 unspecified atom stereocenters. The lowest BCUT2D eigenvalue weighted by Crippen LogP contribution is -2.27. The van der Waals surface area contributed by atoms with Crippen LogP contribution in [0.15, 0.2) is 78.0 Å². The van der Waals surface area contributed by atoms with E-state index in [2.05, 4.69) is 11.1 Å². The van der Waals surface area contributed by atoms with Gasteiger partial charge in [0.15, 0.2) is 4.32 Å². The van der Waals surface area contributed by atoms with E-state index in [1.165, 1.54) is 16.7 Å². The van der Waals surface area contributed by atoms with E-state index < -0.39 is 0 Å². The second-order valence-electron chi connectivity index (χ2n) is 6.40. The number of anilines is 1. The Morgan fingerprint density at radius 2 is 2.03 bits per heavy atom. The van der Waals surface area contributed by atoms with Gasteiger partial charge >= 0.3 is 0 Å². The predicted octanol–water partition coefficient (Wildman–Crippen LogP) is 4.94. The number of thiocarbonyl (C=S) groups is 1. The van der Waals surface area contributed by atoms with Crippen LogP contribution in [0.2, 0.25) is 0 Å². The minimum absolute atomic E-state index is 0.169. The second-order valence-corrected chi connectivity index (χ2v) is 8.08. The van der Waals surface area contributed by atoms with Gasteiger partial charge in [0.1, 0.15) is 12.4 Å². The van der Waals surface area contributed by atoms with E-state index in [0.717, 1.165) is 11.1 Å². The van der Waals surface area contributed by atoms with Crippen LogP contribution >= 0.6 is 24.0 Å². The number of ether oxygens (including phenoxy) is 1. The number of benzene rings is 2. The molecule has 1 aliphatic heterocycles. The van der Waals surface area contributed by atoms with Gasteiger partial charge in [0.05, 0.1) is 28.4 Å². The molecule has 1 fully saturated rings. The lowest BCUT2D eigenvalue weighted by molar-refractivity contribution is -0.113. The van der Waals surface area contributed by atoms with Crippen molar-refractivity contribution in [2.45, 2.75) is 6.61 Å². The maximum atomic E-state index is 12.8. The zero-order chi connectivity index (χ0) is 20.9. The van der Waals surface area contributed by atoms with Gasteiger partial charge < -0.3 is 4.74 Å². The largest absolute Gasteiger partial charge is 0.489 e. The number of hydrogen-bond donors (Lipinski definition) is 0. The Hall–Kier alpha value is -3.47. The summed E-state index contributed by atoms with van der Waals surface area (Å²) in [5, 5.41) is 9.01. The Kier molecular flexibility index (Phi) is 5.89. The Morgan fingerprint density at radius 1 is 1.17 bits per heavy atom. The molecule has 1 aliphatic rings. The number of pyridine rings is 1. The van der Waals surface area contributed by atoms with Crippen molar-refractivity contribution >= 4 is 46.0 Å². The smallest absolute Gasteiger partial charge is 0.270 e. The summed E-state index contributed by atoms with van der Waals surface area (Å²) < 4.78 is 6.34. The molecule has 3 aromatic rings. The third kappa shape index (κ3) is 4.40. The van der Waals surface area contributed by atoms with Gasteiger partial charge in [0.25, 0.3) is 5.91 Å². The molecule has 4 rings (SSSR count). The maximum Gasteiger partial charge on any atom is 0.270 e.